The summed E-state index contributed by atoms with van der Waals surface area (Å²) < 4.78 is 5.30. The molecule has 18 heavy (non-hydrogen) atoms. The fourth-order valence-electron chi connectivity index (χ4n) is 2.44. The Bertz CT molecular complexity index is 394. The van der Waals surface area contributed by atoms with Gasteiger partial charge >= 0.3 is 5.97 Å². The number of hydrogen-bond acceptors (Lipinski definition) is 3. The van der Waals surface area contributed by atoms with Crippen molar-refractivity contribution in [2.24, 2.45) is 5.92 Å². The van der Waals surface area contributed by atoms with Crippen LogP contribution in [0.25, 0.3) is 0 Å². The van der Waals surface area contributed by atoms with Gasteiger partial charge in [-0.15, -0.1) is 0 Å². The molecule has 0 bridgehead atoms. The lowest BCUT2D eigenvalue weighted by Crippen LogP contribution is -2.21. The average Bonchev–Trinajstić information content (AvgIpc) is 2.40. The van der Waals surface area contributed by atoms with E-state index in [1.54, 1.807) is 18.2 Å². The molecule has 0 unspecified atom stereocenters. The third-order valence-electron chi connectivity index (χ3n) is 3.48. The number of carbonyl (C=O) groups excluding carboxylic acids is 1. The first-order valence-corrected chi connectivity index (χ1v) is 6.70. The Hall–Kier alpha value is -1.51. The van der Waals surface area contributed by atoms with Crippen molar-refractivity contribution in [1.29, 1.82) is 0 Å². The topological polar surface area (TPSA) is 46.5 Å². The van der Waals surface area contributed by atoms with Gasteiger partial charge in [0, 0.05) is 6.42 Å². The minimum atomic E-state index is -0.0464. The fourth-order valence-corrected chi connectivity index (χ4v) is 2.44. The summed E-state index contributed by atoms with van der Waals surface area (Å²) in [5.41, 5.74) is 0.992. The number of carbonyl (C=O) groups is 1. The summed E-state index contributed by atoms with van der Waals surface area (Å²) in [6.07, 6.45) is 6.15. The van der Waals surface area contributed by atoms with Crippen molar-refractivity contribution in [2.75, 3.05) is 6.61 Å². The van der Waals surface area contributed by atoms with E-state index in [0.717, 1.165) is 31.2 Å². The van der Waals surface area contributed by atoms with Gasteiger partial charge in [0.25, 0.3) is 0 Å². The normalized spacial score (nSPS) is 16.4. The molecule has 1 N–H and O–H groups in total. The van der Waals surface area contributed by atoms with Gasteiger partial charge in [-0.25, -0.2) is 0 Å². The molecule has 1 aliphatic carbocycles. The van der Waals surface area contributed by atoms with Crippen LogP contribution >= 0.6 is 0 Å². The molecule has 3 nitrogen and oxygen atoms in total. The molecule has 2 rings (SSSR count). The van der Waals surface area contributed by atoms with Crippen LogP contribution in [-0.2, 0) is 16.0 Å². The second kappa shape index (κ2) is 6.43. The van der Waals surface area contributed by atoms with Gasteiger partial charge in [0.15, 0.2) is 0 Å². The number of benzene rings is 1. The smallest absolute Gasteiger partial charge is 0.308 e. The third-order valence-corrected chi connectivity index (χ3v) is 3.48. The Labute approximate surface area is 108 Å². The van der Waals surface area contributed by atoms with Gasteiger partial charge in [-0.1, -0.05) is 31.4 Å². The van der Waals surface area contributed by atoms with E-state index in [-0.39, 0.29) is 17.6 Å². The minimum absolute atomic E-state index is 0.0464. The summed E-state index contributed by atoms with van der Waals surface area (Å²) in [7, 11) is 0. The van der Waals surface area contributed by atoms with Gasteiger partial charge in [-0.2, -0.15) is 0 Å². The average molecular weight is 248 g/mol. The lowest BCUT2D eigenvalue weighted by molar-refractivity contribution is -0.149. The van der Waals surface area contributed by atoms with Crippen LogP contribution in [-0.4, -0.2) is 17.7 Å². The van der Waals surface area contributed by atoms with Gasteiger partial charge in [0.2, 0.25) is 0 Å². The highest BCUT2D eigenvalue weighted by Crippen LogP contribution is 2.24. The molecular weight excluding hydrogens is 228 g/mol. The summed E-state index contributed by atoms with van der Waals surface area (Å²) in [4.78, 5) is 11.8. The minimum Gasteiger partial charge on any atom is -0.508 e. The quantitative estimate of drug-likeness (QED) is 0.833. The number of phenols is 1. The zero-order valence-electron chi connectivity index (χ0n) is 10.6. The molecule has 1 fully saturated rings. The van der Waals surface area contributed by atoms with Crippen LogP contribution in [0.5, 0.6) is 5.75 Å². The van der Waals surface area contributed by atoms with Crippen LogP contribution in [0.4, 0.5) is 0 Å². The number of hydrogen-bond donors (Lipinski definition) is 1. The molecule has 1 aliphatic rings. The number of ether oxygens (including phenoxy) is 1. The molecule has 3 heteroatoms. The first kappa shape index (κ1) is 12.9. The SMILES string of the molecule is O=C(OCCc1cccc(O)c1)C1CCCCC1. The Morgan fingerprint density at radius 3 is 2.78 bits per heavy atom. The van der Waals surface area contributed by atoms with Crippen molar-refractivity contribution in [3.8, 4) is 5.75 Å². The molecule has 0 radical (unpaired) electrons. The highest BCUT2D eigenvalue weighted by Gasteiger charge is 2.22. The van der Waals surface area contributed by atoms with Crippen molar-refractivity contribution < 1.29 is 14.6 Å². The van der Waals surface area contributed by atoms with Crippen molar-refractivity contribution in [3.63, 3.8) is 0 Å². The lowest BCUT2D eigenvalue weighted by Gasteiger charge is -2.19. The van der Waals surface area contributed by atoms with E-state index >= 15 is 0 Å². The van der Waals surface area contributed by atoms with E-state index in [1.165, 1.54) is 6.42 Å². The van der Waals surface area contributed by atoms with Crippen molar-refractivity contribution in [1.82, 2.24) is 0 Å². The summed E-state index contributed by atoms with van der Waals surface area (Å²) in [5, 5.41) is 9.32. The van der Waals surface area contributed by atoms with E-state index in [1.807, 2.05) is 6.07 Å². The van der Waals surface area contributed by atoms with Crippen LogP contribution in [0, 0.1) is 5.92 Å². The molecular formula is C15H20O3. The van der Waals surface area contributed by atoms with Crippen molar-refractivity contribution in [3.05, 3.63) is 29.8 Å². The number of esters is 1. The van der Waals surface area contributed by atoms with Crippen LogP contribution in [0.3, 0.4) is 0 Å². The molecule has 0 saturated heterocycles. The summed E-state index contributed by atoms with van der Waals surface area (Å²) in [5.74, 6) is 0.323. The first-order valence-electron chi connectivity index (χ1n) is 6.70. The highest BCUT2D eigenvalue weighted by atomic mass is 16.5. The second-order valence-corrected chi connectivity index (χ2v) is 4.92. The lowest BCUT2D eigenvalue weighted by atomic mass is 9.89. The largest absolute Gasteiger partial charge is 0.508 e. The molecule has 0 aliphatic heterocycles. The Kier molecular flexibility index (Phi) is 4.62. The molecule has 0 amide bonds. The third kappa shape index (κ3) is 3.76. The first-order chi connectivity index (χ1) is 8.75. The van der Waals surface area contributed by atoms with Crippen molar-refractivity contribution in [2.45, 2.75) is 38.5 Å². The van der Waals surface area contributed by atoms with E-state index in [0.29, 0.717) is 13.0 Å². The van der Waals surface area contributed by atoms with Gasteiger partial charge in [-0.3, -0.25) is 4.79 Å². The number of aromatic hydroxyl groups is 1. The summed E-state index contributed by atoms with van der Waals surface area (Å²) in [6.45, 7) is 0.402. The van der Waals surface area contributed by atoms with Crippen LogP contribution < -0.4 is 0 Å². The zero-order chi connectivity index (χ0) is 12.8. The van der Waals surface area contributed by atoms with E-state index in [2.05, 4.69) is 0 Å². The Morgan fingerprint density at radius 2 is 2.06 bits per heavy atom. The van der Waals surface area contributed by atoms with Gasteiger partial charge in [-0.05, 0) is 30.5 Å². The van der Waals surface area contributed by atoms with Gasteiger partial charge < -0.3 is 9.84 Å². The van der Waals surface area contributed by atoms with Crippen LogP contribution in [0.2, 0.25) is 0 Å². The van der Waals surface area contributed by atoms with E-state index in [9.17, 15) is 9.90 Å². The van der Waals surface area contributed by atoms with Crippen molar-refractivity contribution >= 4 is 5.97 Å². The number of phenolic OH excluding ortho intramolecular Hbond substituents is 1. The molecule has 1 saturated carbocycles. The summed E-state index contributed by atoms with van der Waals surface area (Å²) >= 11 is 0. The van der Waals surface area contributed by atoms with E-state index < -0.39 is 0 Å². The van der Waals surface area contributed by atoms with Crippen LogP contribution in [0.1, 0.15) is 37.7 Å². The predicted molar refractivity (Wildman–Crippen MR) is 69.3 cm³/mol. The highest BCUT2D eigenvalue weighted by molar-refractivity contribution is 5.72. The molecule has 0 spiro atoms. The molecule has 0 aromatic heterocycles. The maximum absolute atomic E-state index is 11.8. The fraction of sp³-hybridized carbons (Fsp3) is 0.533. The Balaban J connectivity index is 1.73. The monoisotopic (exact) mass is 248 g/mol. The summed E-state index contributed by atoms with van der Waals surface area (Å²) in [6, 6.07) is 7.06. The predicted octanol–water partition coefficient (Wildman–Crippen LogP) is 3.06. The molecule has 0 heterocycles. The molecule has 0 atom stereocenters. The van der Waals surface area contributed by atoms with Crippen LogP contribution in [0.15, 0.2) is 24.3 Å². The Morgan fingerprint density at radius 1 is 1.28 bits per heavy atom. The standard InChI is InChI=1S/C15H20O3/c16-14-8-4-5-12(11-14)9-10-18-15(17)13-6-2-1-3-7-13/h4-5,8,11,13,16H,1-3,6-7,9-10H2. The van der Waals surface area contributed by atoms with Gasteiger partial charge in [0.05, 0.1) is 12.5 Å². The second-order valence-electron chi connectivity index (χ2n) is 4.92. The number of rotatable bonds is 4. The maximum atomic E-state index is 11.8. The van der Waals surface area contributed by atoms with E-state index in [4.69, 9.17) is 4.74 Å². The van der Waals surface area contributed by atoms with Gasteiger partial charge in [0.1, 0.15) is 5.75 Å². The zero-order valence-corrected chi connectivity index (χ0v) is 10.6. The molecule has 1 aromatic rings. The molecule has 1 aromatic carbocycles. The molecule has 98 valence electrons. The maximum Gasteiger partial charge on any atom is 0.308 e.